The van der Waals surface area contributed by atoms with Gasteiger partial charge in [0.2, 0.25) is 17.7 Å². The van der Waals surface area contributed by atoms with Gasteiger partial charge in [0.15, 0.2) is 11.4 Å². The van der Waals surface area contributed by atoms with E-state index in [2.05, 4.69) is 32.0 Å². The normalized spacial score (nSPS) is 17.1. The van der Waals surface area contributed by atoms with E-state index in [0.717, 1.165) is 44.0 Å². The fourth-order valence-corrected chi connectivity index (χ4v) is 5.43. The predicted octanol–water partition coefficient (Wildman–Crippen LogP) is 2.44. The van der Waals surface area contributed by atoms with Crippen LogP contribution in [0.25, 0.3) is 17.2 Å². The molecule has 4 aromatic rings. The monoisotopic (exact) mass is 546 g/mol. The second kappa shape index (κ2) is 10.4. The first kappa shape index (κ1) is 26.1. The minimum Gasteiger partial charge on any atom is -0.491 e. The molecule has 1 fully saturated rings. The summed E-state index contributed by atoms with van der Waals surface area (Å²) in [5.74, 6) is 2.49. The van der Waals surface area contributed by atoms with Gasteiger partial charge in [0, 0.05) is 52.1 Å². The lowest BCUT2D eigenvalue weighted by atomic mass is 9.87. The van der Waals surface area contributed by atoms with E-state index in [1.807, 2.05) is 26.0 Å². The first-order valence-corrected chi connectivity index (χ1v) is 13.5. The zero-order valence-electron chi connectivity index (χ0n) is 23.0. The van der Waals surface area contributed by atoms with E-state index in [0.29, 0.717) is 42.8 Å². The van der Waals surface area contributed by atoms with Crippen LogP contribution in [0.5, 0.6) is 5.75 Å². The molecule has 6 rings (SSSR count). The molecule has 0 aliphatic carbocycles. The number of amides is 1. The lowest BCUT2D eigenvalue weighted by Crippen LogP contribution is -2.49. The van der Waals surface area contributed by atoms with E-state index < -0.39 is 5.41 Å². The molecule has 0 bridgehead atoms. The van der Waals surface area contributed by atoms with Crippen molar-refractivity contribution < 1.29 is 18.7 Å². The second-order valence-electron chi connectivity index (χ2n) is 10.6. The minimum atomic E-state index is -0.817. The number of fused-ring (bicyclic) bond motifs is 3. The Balaban J connectivity index is 1.13. The first-order chi connectivity index (χ1) is 19.4. The lowest BCUT2D eigenvalue weighted by molar-refractivity contribution is -0.122. The van der Waals surface area contributed by atoms with Crippen LogP contribution in [0, 0.1) is 0 Å². The third-order valence-corrected chi connectivity index (χ3v) is 7.66. The van der Waals surface area contributed by atoms with Gasteiger partial charge in [0.1, 0.15) is 18.2 Å². The van der Waals surface area contributed by atoms with Gasteiger partial charge in [-0.25, -0.2) is 4.98 Å². The summed E-state index contributed by atoms with van der Waals surface area (Å²) in [7, 11) is 1.66. The average Bonchev–Trinajstić information content (AvgIpc) is 3.68. The predicted molar refractivity (Wildman–Crippen MR) is 151 cm³/mol. The second-order valence-corrected chi connectivity index (χ2v) is 10.6. The molecule has 0 spiro atoms. The largest absolute Gasteiger partial charge is 0.491 e. The van der Waals surface area contributed by atoms with Crippen molar-refractivity contribution >= 4 is 29.0 Å². The minimum absolute atomic E-state index is 0.0171. The van der Waals surface area contributed by atoms with E-state index in [9.17, 15) is 4.79 Å². The Morgan fingerprint density at radius 1 is 1.02 bits per heavy atom. The molecular formula is C28H34N8O4. The highest BCUT2D eigenvalue weighted by Gasteiger charge is 2.48. The maximum atomic E-state index is 13.6. The topological polar surface area (TPSA) is 127 Å². The molecule has 12 heteroatoms. The van der Waals surface area contributed by atoms with Crippen LogP contribution in [-0.4, -0.2) is 90.0 Å². The summed E-state index contributed by atoms with van der Waals surface area (Å²) >= 11 is 0. The zero-order valence-corrected chi connectivity index (χ0v) is 23.0. The van der Waals surface area contributed by atoms with Gasteiger partial charge < -0.3 is 24.5 Å². The molecule has 0 radical (unpaired) electrons. The molecule has 0 atom stereocenters. The molecule has 1 saturated heterocycles. The molecule has 0 saturated carbocycles. The molecule has 210 valence electrons. The Labute approximate surface area is 232 Å². The van der Waals surface area contributed by atoms with Gasteiger partial charge in [-0.05, 0) is 50.2 Å². The molecule has 12 nitrogen and oxygen atoms in total. The Kier molecular flexibility index (Phi) is 6.80. The zero-order chi connectivity index (χ0) is 27.9. The molecule has 0 unspecified atom stereocenters. The maximum Gasteiger partial charge on any atom is 0.238 e. The van der Waals surface area contributed by atoms with E-state index in [4.69, 9.17) is 24.6 Å². The highest BCUT2D eigenvalue weighted by molar-refractivity contribution is 6.08. The fourth-order valence-electron chi connectivity index (χ4n) is 5.43. The van der Waals surface area contributed by atoms with Gasteiger partial charge >= 0.3 is 0 Å². The highest BCUT2D eigenvalue weighted by Crippen LogP contribution is 2.43. The number of carbonyl (C=O) groups excluding carboxylic acids is 1. The van der Waals surface area contributed by atoms with Crippen molar-refractivity contribution in [2.75, 3.05) is 75.1 Å². The highest BCUT2D eigenvalue weighted by atomic mass is 16.5. The summed E-state index contributed by atoms with van der Waals surface area (Å²) in [5.41, 5.74) is 7.91. The molecule has 1 aromatic carbocycles. The third-order valence-electron chi connectivity index (χ3n) is 7.66. The Bertz CT molecular complexity index is 1490. The van der Waals surface area contributed by atoms with E-state index >= 15 is 0 Å². The van der Waals surface area contributed by atoms with Gasteiger partial charge in [-0.3, -0.25) is 14.6 Å². The van der Waals surface area contributed by atoms with E-state index in [1.165, 1.54) is 10.2 Å². The van der Waals surface area contributed by atoms with Crippen LogP contribution in [0.15, 0.2) is 47.1 Å². The van der Waals surface area contributed by atoms with Crippen LogP contribution in [0.2, 0.25) is 0 Å². The van der Waals surface area contributed by atoms with Crippen molar-refractivity contribution in [2.45, 2.75) is 19.3 Å². The molecule has 3 aromatic heterocycles. The number of anilines is 3. The van der Waals surface area contributed by atoms with Gasteiger partial charge in [0.25, 0.3) is 0 Å². The number of aromatic nitrogens is 4. The van der Waals surface area contributed by atoms with Crippen LogP contribution in [0.3, 0.4) is 0 Å². The van der Waals surface area contributed by atoms with E-state index in [-0.39, 0.29) is 11.9 Å². The van der Waals surface area contributed by atoms with Crippen molar-refractivity contribution in [1.82, 2.24) is 24.5 Å². The Morgan fingerprint density at radius 2 is 1.80 bits per heavy atom. The van der Waals surface area contributed by atoms with Crippen molar-refractivity contribution in [3.05, 3.63) is 48.2 Å². The van der Waals surface area contributed by atoms with E-state index in [1.54, 1.807) is 30.4 Å². The molecule has 2 aliphatic heterocycles. The van der Waals surface area contributed by atoms with Crippen molar-refractivity contribution in [1.29, 1.82) is 0 Å². The molecular weight excluding hydrogens is 512 g/mol. The van der Waals surface area contributed by atoms with Gasteiger partial charge in [-0.15, -0.1) is 5.10 Å². The molecule has 5 heterocycles. The number of nitrogens with zero attached hydrogens (tertiary/aromatic N) is 7. The number of ether oxygens (including phenoxy) is 2. The van der Waals surface area contributed by atoms with Gasteiger partial charge in [0.05, 0.1) is 23.8 Å². The summed E-state index contributed by atoms with van der Waals surface area (Å²) in [4.78, 5) is 29.4. The molecule has 2 aliphatic rings. The average molecular weight is 547 g/mol. The Morgan fingerprint density at radius 3 is 2.50 bits per heavy atom. The number of nitrogens with two attached hydrogens (primary N) is 1. The number of hydrogen-bond acceptors (Lipinski definition) is 10. The number of benzene rings is 1. The first-order valence-electron chi connectivity index (χ1n) is 13.5. The SMILES string of the molecule is COCCOc1ccc(N2CCN(CCN3C(=O)C(C)(C)c4c3nc(N)n3nc(-c5ccco5)nc43)CC2)cc1. The molecule has 1 amide bonds. The number of rotatable bonds is 9. The smallest absolute Gasteiger partial charge is 0.238 e. The van der Waals surface area contributed by atoms with Crippen molar-refractivity contribution in [3.63, 3.8) is 0 Å². The van der Waals surface area contributed by atoms with Crippen LogP contribution in [0.4, 0.5) is 17.5 Å². The maximum absolute atomic E-state index is 13.6. The van der Waals surface area contributed by atoms with Crippen LogP contribution in [-0.2, 0) is 14.9 Å². The lowest BCUT2D eigenvalue weighted by Gasteiger charge is -2.36. The third kappa shape index (κ3) is 4.62. The standard InChI is InChI=1S/C28H34N8O4/c1-28(2)22-24(31-27(29)36-25(22)30-23(32-36)21-5-4-16-40-21)35(26(28)37)15-12-33-10-13-34(14-11-33)19-6-8-20(9-7-19)39-18-17-38-3/h4-9,16H,10-15,17-18H2,1-3H3,(H2,29,31). The number of hydrogen-bond donors (Lipinski definition) is 1. The number of carbonyl (C=O) groups is 1. The van der Waals surface area contributed by atoms with Gasteiger partial charge in [-0.2, -0.15) is 9.50 Å². The summed E-state index contributed by atoms with van der Waals surface area (Å²) in [6, 6.07) is 11.8. The summed E-state index contributed by atoms with van der Waals surface area (Å²) in [5, 5.41) is 4.49. The summed E-state index contributed by atoms with van der Waals surface area (Å²) in [6.07, 6.45) is 1.57. The number of nitrogen functional groups attached to an aromatic ring is 1. The fraction of sp³-hybridized carbons (Fsp3) is 0.429. The van der Waals surface area contributed by atoms with Crippen LogP contribution in [0.1, 0.15) is 19.4 Å². The molecule has 2 N–H and O–H groups in total. The quantitative estimate of drug-likeness (QED) is 0.313. The molecule has 40 heavy (non-hydrogen) atoms. The van der Waals surface area contributed by atoms with Crippen molar-refractivity contribution in [3.8, 4) is 17.3 Å². The Hall–Kier alpha value is -4.16. The number of piperazine rings is 1. The van der Waals surface area contributed by atoms with Crippen molar-refractivity contribution in [2.24, 2.45) is 0 Å². The summed E-state index contributed by atoms with van der Waals surface area (Å²) in [6.45, 7) is 9.76. The number of furan rings is 1. The van der Waals surface area contributed by atoms with Crippen LogP contribution < -0.4 is 20.3 Å². The number of methoxy groups -OCH3 is 1. The van der Waals surface area contributed by atoms with Crippen LogP contribution >= 0.6 is 0 Å². The summed E-state index contributed by atoms with van der Waals surface area (Å²) < 4.78 is 17.7. The van der Waals surface area contributed by atoms with Gasteiger partial charge in [-0.1, -0.05) is 0 Å².